The maximum Gasteiger partial charge on any atom is 3.00 e. The Bertz CT molecular complexity index is 1050. The molecule has 0 aliphatic heterocycles. The fourth-order valence-corrected chi connectivity index (χ4v) is 9.49. The van der Waals surface area contributed by atoms with Crippen LogP contribution in [0.2, 0.25) is 0 Å². The zero-order valence-electron chi connectivity index (χ0n) is 44.0. The summed E-state index contributed by atoms with van der Waals surface area (Å²) < 4.78 is 31.3. The molecule has 0 heterocycles. The van der Waals surface area contributed by atoms with E-state index in [2.05, 4.69) is 57.2 Å². The molecule has 0 bridgehead atoms. The zero-order valence-corrected chi connectivity index (χ0v) is 48.9. The van der Waals surface area contributed by atoms with Crippen LogP contribution < -0.4 is 29.4 Å². The van der Waals surface area contributed by atoms with Crippen LogP contribution in [0.25, 0.3) is 0 Å². The van der Waals surface area contributed by atoms with Crippen LogP contribution in [0.15, 0.2) is 36.5 Å². The molecule has 2 radical (unpaired) electrons. The van der Waals surface area contributed by atoms with Crippen LogP contribution >= 0.6 is 22.8 Å². The molecule has 14 heteroatoms. The molecule has 0 aromatic rings. The molecule has 0 aliphatic rings. The van der Waals surface area contributed by atoms with Gasteiger partial charge in [0.2, 0.25) is 0 Å². The molecule has 0 N–H and O–H groups in total. The first-order valence-electron chi connectivity index (χ1n) is 27.7. The van der Waals surface area contributed by atoms with Gasteiger partial charge in [-0.1, -0.05) is 253 Å². The topological polar surface area (TPSA) is 190 Å². The van der Waals surface area contributed by atoms with E-state index in [0.29, 0.717) is 19.3 Å². The minimum Gasteiger partial charge on any atom is -0.811 e. The Morgan fingerprint density at radius 3 is 0.515 bits per heavy atom. The fraction of sp³-hybridized carbons (Fsp3) is 0.889. The maximum atomic E-state index is 10.4. The summed E-state index contributed by atoms with van der Waals surface area (Å²) in [5, 5.41) is 0. The van der Waals surface area contributed by atoms with Gasteiger partial charge in [0, 0.05) is 0 Å². The molecule has 406 valence electrons. The first-order valence-corrected chi connectivity index (χ1v) is 32.8. The average Bonchev–Trinajstić information content (AvgIpc) is 3.25. The van der Waals surface area contributed by atoms with E-state index in [-0.39, 0.29) is 52.6 Å². The van der Waals surface area contributed by atoms with Crippen LogP contribution in [-0.2, 0) is 47.8 Å². The van der Waals surface area contributed by atoms with Gasteiger partial charge in [0.25, 0.3) is 0 Å². The van der Waals surface area contributed by atoms with Gasteiger partial charge >= 0.3 is 34.1 Å². The Morgan fingerprint density at radius 1 is 0.235 bits per heavy atom. The predicted octanol–water partition coefficient (Wildman–Crippen LogP) is 14.8. The summed E-state index contributed by atoms with van der Waals surface area (Å²) in [7, 11) is -12.8. The Kier molecular flexibility index (Phi) is 70.8. The van der Waals surface area contributed by atoms with Crippen molar-refractivity contribution in [2.45, 2.75) is 290 Å². The zero-order chi connectivity index (χ0) is 49.6. The second-order valence-corrected chi connectivity index (χ2v) is 23.8. The van der Waals surface area contributed by atoms with Crippen molar-refractivity contribution in [1.82, 2.24) is 0 Å². The van der Waals surface area contributed by atoms with Crippen molar-refractivity contribution >= 4 is 22.8 Å². The number of rotatable bonds is 48. The number of hydrogen-bond acceptors (Lipinski definition) is 9. The maximum absolute atomic E-state index is 10.4. The second kappa shape index (κ2) is 62.0. The standard InChI is InChI=1S/3C18H37O3P.2Fe/c3*1-2-3-4-5-6-7-8-9-10-11-12-13-14-15-16-17-18-22(19,20)21;;/h3*9-10H,2-8,11-18H2,1H3,(H2,19,20,21);;/q;;;2*+3/p-6/b3*10-9-;;. The van der Waals surface area contributed by atoms with E-state index in [1.54, 1.807) is 0 Å². The SMILES string of the molecule is CCCCCCCC/C=C\CCCCCCCCP(=O)([O-])[O-].CCCCCCCC/C=C\CCCCCCCCP(=O)([O-])[O-].CCCCCCCC/C=C\CCCCCCCCP(=O)([O-])[O-].[Fe+3].[Fe+3]. The van der Waals surface area contributed by atoms with Crippen LogP contribution in [0.1, 0.15) is 290 Å². The summed E-state index contributed by atoms with van der Waals surface area (Å²) in [6, 6.07) is 0. The van der Waals surface area contributed by atoms with Gasteiger partial charge in [0.05, 0.1) is 0 Å². The van der Waals surface area contributed by atoms with Gasteiger partial charge in [-0.05, 0) is 115 Å². The van der Waals surface area contributed by atoms with Crippen LogP contribution in [0, 0.1) is 0 Å². The molecule has 0 saturated carbocycles. The third-order valence-electron chi connectivity index (χ3n) is 11.8. The van der Waals surface area contributed by atoms with Crippen molar-refractivity contribution in [3.05, 3.63) is 36.5 Å². The summed E-state index contributed by atoms with van der Waals surface area (Å²) in [5.41, 5.74) is 0. The summed E-state index contributed by atoms with van der Waals surface area (Å²) >= 11 is 0. The van der Waals surface area contributed by atoms with E-state index in [0.717, 1.165) is 77.0 Å². The number of hydrogen-bond donors (Lipinski definition) is 0. The molecule has 9 nitrogen and oxygen atoms in total. The minimum absolute atomic E-state index is 0. The summed E-state index contributed by atoms with van der Waals surface area (Å²) in [4.78, 5) is 62.7. The molecule has 0 rings (SSSR count). The molecule has 0 aromatic carbocycles. The normalized spacial score (nSPS) is 12.0. The fourth-order valence-electron chi connectivity index (χ4n) is 7.66. The molecule has 68 heavy (non-hydrogen) atoms. The smallest absolute Gasteiger partial charge is 0.811 e. The van der Waals surface area contributed by atoms with E-state index in [4.69, 9.17) is 0 Å². The molecule has 0 unspecified atom stereocenters. The van der Waals surface area contributed by atoms with Crippen LogP contribution in [0.3, 0.4) is 0 Å². The molecule has 0 atom stereocenters. The van der Waals surface area contributed by atoms with Gasteiger partial charge in [0.15, 0.2) is 0 Å². The Labute approximate surface area is 442 Å². The van der Waals surface area contributed by atoms with Gasteiger partial charge < -0.3 is 43.1 Å². The van der Waals surface area contributed by atoms with Crippen molar-refractivity contribution < 1.29 is 77.2 Å². The molecule has 0 amide bonds. The van der Waals surface area contributed by atoms with Crippen molar-refractivity contribution in [3.8, 4) is 0 Å². The molecule has 0 aliphatic carbocycles. The number of unbranched alkanes of at least 4 members (excludes halogenated alkanes) is 36. The van der Waals surface area contributed by atoms with Gasteiger partial charge in [-0.2, -0.15) is 0 Å². The monoisotopic (exact) mass is 1100 g/mol. The van der Waals surface area contributed by atoms with E-state index in [1.165, 1.54) is 173 Å². The summed E-state index contributed by atoms with van der Waals surface area (Å²) in [5.74, 6) is 0. The van der Waals surface area contributed by atoms with E-state index in [1.807, 2.05) is 0 Å². The van der Waals surface area contributed by atoms with Crippen molar-refractivity contribution in [1.29, 1.82) is 0 Å². The van der Waals surface area contributed by atoms with Crippen molar-refractivity contribution in [2.24, 2.45) is 0 Å². The quantitative estimate of drug-likeness (QED) is 0.0247. The molecular weight excluding hydrogens is 997 g/mol. The summed E-state index contributed by atoms with van der Waals surface area (Å²) in [6.07, 6.45) is 63.0. The van der Waals surface area contributed by atoms with Crippen LogP contribution in [0.4, 0.5) is 0 Å². The summed E-state index contributed by atoms with van der Waals surface area (Å²) in [6.45, 7) is 6.75. The second-order valence-electron chi connectivity index (χ2n) is 18.8. The Hall–Kier alpha value is 0.709. The van der Waals surface area contributed by atoms with Gasteiger partial charge in [0.1, 0.15) is 0 Å². The first-order chi connectivity index (χ1) is 31.7. The third-order valence-corrected chi connectivity index (χ3v) is 14.4. The minimum atomic E-state index is -4.26. The van der Waals surface area contributed by atoms with Crippen molar-refractivity contribution in [3.63, 3.8) is 0 Å². The van der Waals surface area contributed by atoms with Gasteiger partial charge in [-0.25, -0.2) is 0 Å². The number of allylic oxidation sites excluding steroid dienone is 6. The van der Waals surface area contributed by atoms with Gasteiger partial charge in [-0.3, -0.25) is 0 Å². The molecular formula is C54H105Fe2O9P3. The Balaban J connectivity index is -0.000000288. The third kappa shape index (κ3) is 86.5. The Morgan fingerprint density at radius 2 is 0.368 bits per heavy atom. The predicted molar refractivity (Wildman–Crippen MR) is 276 cm³/mol. The van der Waals surface area contributed by atoms with E-state index >= 15 is 0 Å². The first kappa shape index (κ1) is 77.6. The van der Waals surface area contributed by atoms with Gasteiger partial charge in [-0.15, -0.1) is 0 Å². The average molecular weight is 1100 g/mol. The molecule has 0 fully saturated rings. The van der Waals surface area contributed by atoms with E-state index in [9.17, 15) is 43.1 Å². The van der Waals surface area contributed by atoms with Crippen molar-refractivity contribution in [2.75, 3.05) is 18.5 Å². The van der Waals surface area contributed by atoms with Crippen LogP contribution in [0.5, 0.6) is 0 Å². The van der Waals surface area contributed by atoms with Crippen LogP contribution in [-0.4, -0.2) is 18.5 Å². The molecule has 0 aromatic heterocycles. The molecule has 0 spiro atoms. The molecule has 0 saturated heterocycles. The largest absolute Gasteiger partial charge is 3.00 e. The van der Waals surface area contributed by atoms with E-state index < -0.39 is 22.8 Å².